The van der Waals surface area contributed by atoms with Crippen molar-refractivity contribution < 1.29 is 18.7 Å². The van der Waals surface area contributed by atoms with Gasteiger partial charge in [-0.1, -0.05) is 24.3 Å². The van der Waals surface area contributed by atoms with Crippen LogP contribution in [-0.4, -0.2) is 33.1 Å². The minimum absolute atomic E-state index is 0.172. The van der Waals surface area contributed by atoms with Gasteiger partial charge in [-0.25, -0.2) is 4.39 Å². The summed E-state index contributed by atoms with van der Waals surface area (Å²) in [5.74, 6) is 0.191. The number of ketones is 1. The molecule has 1 unspecified atom stereocenters. The van der Waals surface area contributed by atoms with Crippen LogP contribution in [0.5, 0.6) is 5.75 Å². The van der Waals surface area contributed by atoms with Crippen LogP contribution in [0.4, 0.5) is 4.39 Å². The van der Waals surface area contributed by atoms with Crippen LogP contribution in [0.1, 0.15) is 39.3 Å². The second-order valence-electron chi connectivity index (χ2n) is 7.57. The average Bonchev–Trinajstić information content (AvgIpc) is 3.28. The maximum absolute atomic E-state index is 14.4. The second-order valence-corrected chi connectivity index (χ2v) is 8.12. The highest BCUT2D eigenvalue weighted by Crippen LogP contribution is 2.40. The number of hydrogen-bond donors (Lipinski definition) is 1. The highest BCUT2D eigenvalue weighted by molar-refractivity contribution is 6.99. The van der Waals surface area contributed by atoms with Crippen molar-refractivity contribution in [3.8, 4) is 16.9 Å². The van der Waals surface area contributed by atoms with Gasteiger partial charge in [0.25, 0.3) is 5.91 Å². The van der Waals surface area contributed by atoms with Gasteiger partial charge in [-0.2, -0.15) is 8.75 Å². The van der Waals surface area contributed by atoms with Crippen molar-refractivity contribution in [3.63, 3.8) is 0 Å². The number of Topliss-reactive ketones (excluding diaryl/α,β-unsaturated/α-hetero) is 1. The van der Waals surface area contributed by atoms with Crippen LogP contribution in [-0.2, 0) is 6.42 Å². The second kappa shape index (κ2) is 7.60. The standard InChI is InChI=1S/C22H18FN3O3S/c23-18-8-7-16(12-1-3-13(4-2-12)20(27)14-5-6-14)21-17(18)9-15(29-21)10-24-22(28)19-11-25-30-26-19/h1-4,7-8,11,14-15H,5-6,9-10H2,(H,24,28). The number of halogens is 1. The normalized spacial score (nSPS) is 17.3. The molecule has 1 amide bonds. The Kier molecular flexibility index (Phi) is 4.78. The predicted molar refractivity (Wildman–Crippen MR) is 109 cm³/mol. The van der Waals surface area contributed by atoms with Gasteiger partial charge in [0, 0.05) is 29.0 Å². The number of benzene rings is 2. The zero-order valence-electron chi connectivity index (χ0n) is 15.9. The molecular formula is C22H18FN3O3S. The fourth-order valence-electron chi connectivity index (χ4n) is 3.66. The summed E-state index contributed by atoms with van der Waals surface area (Å²) in [4.78, 5) is 24.3. The number of aromatic nitrogens is 2. The lowest BCUT2D eigenvalue weighted by Crippen LogP contribution is -2.34. The van der Waals surface area contributed by atoms with E-state index < -0.39 is 0 Å². The van der Waals surface area contributed by atoms with Crippen LogP contribution < -0.4 is 10.1 Å². The Labute approximate surface area is 176 Å². The molecule has 1 atom stereocenters. The molecule has 1 aromatic heterocycles. The quantitative estimate of drug-likeness (QED) is 0.612. The van der Waals surface area contributed by atoms with Gasteiger partial charge in [-0.15, -0.1) is 0 Å². The van der Waals surface area contributed by atoms with Crippen LogP contribution in [0.25, 0.3) is 11.1 Å². The first-order chi connectivity index (χ1) is 14.6. The summed E-state index contributed by atoms with van der Waals surface area (Å²) in [6.45, 7) is 0.235. The van der Waals surface area contributed by atoms with E-state index in [1.54, 1.807) is 6.07 Å². The molecule has 2 aromatic carbocycles. The molecule has 1 fully saturated rings. The number of amides is 1. The summed E-state index contributed by atoms with van der Waals surface area (Å²) in [5.41, 5.74) is 3.09. The van der Waals surface area contributed by atoms with Crippen molar-refractivity contribution in [3.05, 3.63) is 65.2 Å². The van der Waals surface area contributed by atoms with Crippen molar-refractivity contribution in [2.75, 3.05) is 6.54 Å². The Balaban J connectivity index is 1.33. The molecule has 0 spiro atoms. The maximum Gasteiger partial charge on any atom is 0.272 e. The van der Waals surface area contributed by atoms with Crippen molar-refractivity contribution in [1.82, 2.24) is 14.1 Å². The molecule has 1 aliphatic carbocycles. The summed E-state index contributed by atoms with van der Waals surface area (Å²) in [5, 5.41) is 2.76. The van der Waals surface area contributed by atoms with Gasteiger partial charge in [0.15, 0.2) is 11.5 Å². The lowest BCUT2D eigenvalue weighted by Gasteiger charge is -2.13. The largest absolute Gasteiger partial charge is 0.487 e. The molecule has 0 bridgehead atoms. The molecule has 0 saturated heterocycles. The molecule has 1 aliphatic heterocycles. The zero-order valence-corrected chi connectivity index (χ0v) is 16.7. The predicted octanol–water partition coefficient (Wildman–Crippen LogP) is 3.67. The van der Waals surface area contributed by atoms with E-state index in [2.05, 4.69) is 14.1 Å². The molecule has 30 heavy (non-hydrogen) atoms. The van der Waals surface area contributed by atoms with Gasteiger partial charge in [0.2, 0.25) is 0 Å². The van der Waals surface area contributed by atoms with E-state index >= 15 is 0 Å². The van der Waals surface area contributed by atoms with Gasteiger partial charge in [0.1, 0.15) is 17.7 Å². The van der Waals surface area contributed by atoms with Gasteiger partial charge in [0.05, 0.1) is 24.5 Å². The van der Waals surface area contributed by atoms with Gasteiger partial charge >= 0.3 is 0 Å². The molecule has 5 rings (SSSR count). The molecule has 2 aliphatic rings. The third-order valence-corrected chi connectivity index (χ3v) is 5.91. The van der Waals surface area contributed by atoms with E-state index in [1.807, 2.05) is 24.3 Å². The van der Waals surface area contributed by atoms with Gasteiger partial charge in [-0.3, -0.25) is 9.59 Å². The molecule has 0 radical (unpaired) electrons. The molecule has 8 heteroatoms. The Morgan fingerprint density at radius 3 is 2.67 bits per heavy atom. The minimum Gasteiger partial charge on any atom is -0.487 e. The first-order valence-electron chi connectivity index (χ1n) is 9.78. The third-order valence-electron chi connectivity index (χ3n) is 5.43. The number of ether oxygens (including phenoxy) is 1. The summed E-state index contributed by atoms with van der Waals surface area (Å²) < 4.78 is 28.1. The number of nitrogens with one attached hydrogen (secondary N) is 1. The zero-order chi connectivity index (χ0) is 20.7. The molecule has 152 valence electrons. The fourth-order valence-corrected chi connectivity index (χ4v) is 4.07. The van der Waals surface area contributed by atoms with Crippen LogP contribution in [0, 0.1) is 11.7 Å². The number of carbonyl (C=O) groups excluding carboxylic acids is 2. The topological polar surface area (TPSA) is 81.2 Å². The van der Waals surface area contributed by atoms with Crippen LogP contribution in [0.3, 0.4) is 0 Å². The molecule has 2 heterocycles. The summed E-state index contributed by atoms with van der Waals surface area (Å²) in [6, 6.07) is 10.5. The van der Waals surface area contributed by atoms with Crippen LogP contribution >= 0.6 is 11.7 Å². The van der Waals surface area contributed by atoms with E-state index in [4.69, 9.17) is 4.74 Å². The number of rotatable bonds is 6. The van der Waals surface area contributed by atoms with E-state index in [9.17, 15) is 14.0 Å². The Hall–Kier alpha value is -3.13. The highest BCUT2D eigenvalue weighted by Gasteiger charge is 2.31. The maximum atomic E-state index is 14.4. The summed E-state index contributed by atoms with van der Waals surface area (Å²) in [6.07, 6.45) is 3.33. The Morgan fingerprint density at radius 1 is 1.17 bits per heavy atom. The van der Waals surface area contributed by atoms with Crippen molar-refractivity contribution in [2.45, 2.75) is 25.4 Å². The van der Waals surface area contributed by atoms with E-state index in [-0.39, 0.29) is 41.8 Å². The molecule has 6 nitrogen and oxygen atoms in total. The minimum atomic E-state index is -0.373. The molecule has 1 N–H and O–H groups in total. The summed E-state index contributed by atoms with van der Waals surface area (Å²) >= 11 is 0.962. The number of carbonyl (C=O) groups is 2. The smallest absolute Gasteiger partial charge is 0.272 e. The highest BCUT2D eigenvalue weighted by atomic mass is 32.1. The van der Waals surface area contributed by atoms with Crippen molar-refractivity contribution in [1.29, 1.82) is 0 Å². The number of hydrogen-bond acceptors (Lipinski definition) is 6. The van der Waals surface area contributed by atoms with Crippen molar-refractivity contribution in [2.24, 2.45) is 5.92 Å². The average molecular weight is 423 g/mol. The Bertz CT molecular complexity index is 1110. The van der Waals surface area contributed by atoms with Crippen molar-refractivity contribution >= 4 is 23.4 Å². The lowest BCUT2D eigenvalue weighted by molar-refractivity contribution is 0.0928. The van der Waals surface area contributed by atoms with E-state index in [1.165, 1.54) is 12.3 Å². The van der Waals surface area contributed by atoms with Gasteiger partial charge in [-0.05, 0) is 30.5 Å². The molecule has 1 saturated carbocycles. The first kappa shape index (κ1) is 18.9. The van der Waals surface area contributed by atoms with Crippen LogP contribution in [0.2, 0.25) is 0 Å². The summed E-state index contributed by atoms with van der Waals surface area (Å²) in [7, 11) is 0. The van der Waals surface area contributed by atoms with E-state index in [0.29, 0.717) is 23.3 Å². The van der Waals surface area contributed by atoms with E-state index in [0.717, 1.165) is 35.7 Å². The third kappa shape index (κ3) is 3.59. The fraction of sp³-hybridized carbons (Fsp3) is 0.273. The van der Waals surface area contributed by atoms with Gasteiger partial charge < -0.3 is 10.1 Å². The number of nitrogens with zero attached hydrogens (tertiary/aromatic N) is 2. The molecular weight excluding hydrogens is 405 g/mol. The SMILES string of the molecule is O=C(NCC1Cc2c(F)ccc(-c3ccc(C(=O)C4CC4)cc3)c2O1)c1cnsn1. The number of fused-ring (bicyclic) bond motifs is 1. The monoisotopic (exact) mass is 423 g/mol. The lowest BCUT2D eigenvalue weighted by atomic mass is 9.98. The van der Waals surface area contributed by atoms with Crippen LogP contribution in [0.15, 0.2) is 42.6 Å². The first-order valence-corrected chi connectivity index (χ1v) is 10.5. The Morgan fingerprint density at radius 2 is 1.97 bits per heavy atom. The molecule has 3 aromatic rings.